The van der Waals surface area contributed by atoms with Gasteiger partial charge >= 0.3 is 0 Å². The first-order valence-corrected chi connectivity index (χ1v) is 10.3. The Bertz CT molecular complexity index is 771. The molecule has 1 N–H and O–H groups in total. The Balaban J connectivity index is 1.46. The van der Waals surface area contributed by atoms with Gasteiger partial charge in [-0.2, -0.15) is 0 Å². The van der Waals surface area contributed by atoms with Gasteiger partial charge in [0.1, 0.15) is 0 Å². The first kappa shape index (κ1) is 21.1. The molecule has 2 aromatic carbocycles. The topological polar surface area (TPSA) is 58.6 Å². The molecule has 5 heteroatoms. The third-order valence-electron chi connectivity index (χ3n) is 5.54. The maximum absolute atomic E-state index is 12.8. The number of nitrogens with zero attached hydrogens (tertiary/aromatic N) is 1. The monoisotopic (exact) mass is 394 g/mol. The SMILES string of the molecule is COC[C@H](NC(=O)C1CCN(C(=O)CCc2ccccc2)CC1)c1ccccc1. The van der Waals surface area contributed by atoms with E-state index in [1.165, 1.54) is 5.56 Å². The lowest BCUT2D eigenvalue weighted by Crippen LogP contribution is -2.44. The third kappa shape index (κ3) is 6.16. The standard InChI is InChI=1S/C24H30N2O3/c1-29-18-22(20-10-6-3-7-11-20)25-24(28)21-14-16-26(17-15-21)23(27)13-12-19-8-4-2-5-9-19/h2-11,21-22H,12-18H2,1H3,(H,25,28)/t22-/m0/s1. The van der Waals surface area contributed by atoms with Crippen LogP contribution in [0.1, 0.15) is 36.4 Å². The van der Waals surface area contributed by atoms with Gasteiger partial charge in [-0.15, -0.1) is 0 Å². The van der Waals surface area contributed by atoms with E-state index in [2.05, 4.69) is 5.32 Å². The normalized spacial score (nSPS) is 15.7. The molecule has 0 spiro atoms. The predicted molar refractivity (Wildman–Crippen MR) is 113 cm³/mol. The Morgan fingerprint density at radius 3 is 2.28 bits per heavy atom. The minimum absolute atomic E-state index is 0.0484. The average molecular weight is 395 g/mol. The van der Waals surface area contributed by atoms with Crippen LogP contribution in [-0.4, -0.2) is 43.5 Å². The Morgan fingerprint density at radius 1 is 1.03 bits per heavy atom. The summed E-state index contributed by atoms with van der Waals surface area (Å²) in [4.78, 5) is 27.2. The lowest BCUT2D eigenvalue weighted by atomic mass is 9.94. The van der Waals surface area contributed by atoms with Gasteiger partial charge in [0.25, 0.3) is 0 Å². The van der Waals surface area contributed by atoms with E-state index >= 15 is 0 Å². The summed E-state index contributed by atoms with van der Waals surface area (Å²) in [6, 6.07) is 19.8. The van der Waals surface area contributed by atoms with Gasteiger partial charge in [-0.25, -0.2) is 0 Å². The van der Waals surface area contributed by atoms with Gasteiger partial charge in [-0.3, -0.25) is 9.59 Å². The summed E-state index contributed by atoms with van der Waals surface area (Å²) >= 11 is 0. The number of likely N-dealkylation sites (tertiary alicyclic amines) is 1. The van der Waals surface area contributed by atoms with Crippen molar-refractivity contribution in [2.75, 3.05) is 26.8 Å². The maximum Gasteiger partial charge on any atom is 0.223 e. The lowest BCUT2D eigenvalue weighted by molar-refractivity contribution is -0.136. The molecule has 3 rings (SSSR count). The molecule has 1 aliphatic rings. The van der Waals surface area contributed by atoms with Crippen LogP contribution in [0.2, 0.25) is 0 Å². The van der Waals surface area contributed by atoms with Crippen molar-refractivity contribution in [3.8, 4) is 0 Å². The van der Waals surface area contributed by atoms with Crippen LogP contribution in [0.15, 0.2) is 60.7 Å². The fourth-order valence-electron chi connectivity index (χ4n) is 3.81. The van der Waals surface area contributed by atoms with Gasteiger partial charge < -0.3 is 15.0 Å². The van der Waals surface area contributed by atoms with E-state index in [1.807, 2.05) is 65.6 Å². The lowest BCUT2D eigenvalue weighted by Gasteiger charge is -2.32. The fraction of sp³-hybridized carbons (Fsp3) is 0.417. The third-order valence-corrected chi connectivity index (χ3v) is 5.54. The summed E-state index contributed by atoms with van der Waals surface area (Å²) in [5, 5.41) is 3.13. The molecule has 0 saturated carbocycles. The number of piperidine rings is 1. The quantitative estimate of drug-likeness (QED) is 0.747. The minimum Gasteiger partial charge on any atom is -0.382 e. The zero-order chi connectivity index (χ0) is 20.5. The molecule has 0 aromatic heterocycles. The maximum atomic E-state index is 12.8. The van der Waals surface area contributed by atoms with Crippen LogP contribution in [0, 0.1) is 5.92 Å². The van der Waals surface area contributed by atoms with Crippen molar-refractivity contribution in [1.29, 1.82) is 0 Å². The molecule has 1 atom stereocenters. The van der Waals surface area contributed by atoms with Crippen LogP contribution in [-0.2, 0) is 20.7 Å². The van der Waals surface area contributed by atoms with E-state index in [0.717, 1.165) is 12.0 Å². The molecule has 0 aliphatic carbocycles. The molecular formula is C24H30N2O3. The van der Waals surface area contributed by atoms with Crippen molar-refractivity contribution < 1.29 is 14.3 Å². The molecule has 1 aliphatic heterocycles. The molecule has 1 heterocycles. The van der Waals surface area contributed by atoms with E-state index in [-0.39, 0.29) is 23.8 Å². The second-order valence-corrected chi connectivity index (χ2v) is 7.57. The van der Waals surface area contributed by atoms with Gasteiger partial charge in [-0.1, -0.05) is 60.7 Å². The number of carbonyl (C=O) groups is 2. The summed E-state index contributed by atoms with van der Waals surface area (Å²) in [6.07, 6.45) is 2.69. The van der Waals surface area contributed by atoms with Crippen molar-refractivity contribution in [1.82, 2.24) is 10.2 Å². The van der Waals surface area contributed by atoms with Crippen molar-refractivity contribution in [3.63, 3.8) is 0 Å². The van der Waals surface area contributed by atoms with Crippen molar-refractivity contribution in [3.05, 3.63) is 71.8 Å². The van der Waals surface area contributed by atoms with E-state index < -0.39 is 0 Å². The van der Waals surface area contributed by atoms with E-state index in [9.17, 15) is 9.59 Å². The Hall–Kier alpha value is -2.66. The second-order valence-electron chi connectivity index (χ2n) is 7.57. The van der Waals surface area contributed by atoms with Crippen LogP contribution in [0.25, 0.3) is 0 Å². The summed E-state index contributed by atoms with van der Waals surface area (Å²) in [6.45, 7) is 1.73. The molecule has 1 saturated heterocycles. The number of amides is 2. The number of methoxy groups -OCH3 is 1. The van der Waals surface area contributed by atoms with Crippen LogP contribution in [0.5, 0.6) is 0 Å². The number of benzene rings is 2. The highest BCUT2D eigenvalue weighted by molar-refractivity contribution is 5.80. The van der Waals surface area contributed by atoms with Crippen LogP contribution in [0.4, 0.5) is 0 Å². The molecule has 0 unspecified atom stereocenters. The summed E-state index contributed by atoms with van der Waals surface area (Å²) in [5.41, 5.74) is 2.22. The van der Waals surface area contributed by atoms with E-state index in [4.69, 9.17) is 4.74 Å². The van der Waals surface area contributed by atoms with Gasteiger partial charge in [-0.05, 0) is 30.4 Å². The Morgan fingerprint density at radius 2 is 1.66 bits per heavy atom. The number of ether oxygens (including phenoxy) is 1. The van der Waals surface area contributed by atoms with Crippen LogP contribution < -0.4 is 5.32 Å². The molecule has 2 amide bonds. The zero-order valence-corrected chi connectivity index (χ0v) is 17.0. The highest BCUT2D eigenvalue weighted by atomic mass is 16.5. The molecule has 0 radical (unpaired) electrons. The zero-order valence-electron chi connectivity index (χ0n) is 17.0. The first-order valence-electron chi connectivity index (χ1n) is 10.3. The average Bonchev–Trinajstić information content (AvgIpc) is 2.78. The summed E-state index contributed by atoms with van der Waals surface area (Å²) in [5.74, 6) is 0.165. The molecule has 2 aromatic rings. The van der Waals surface area contributed by atoms with Crippen molar-refractivity contribution in [2.24, 2.45) is 5.92 Å². The Labute approximate surface area is 173 Å². The van der Waals surface area contributed by atoms with Crippen molar-refractivity contribution >= 4 is 11.8 Å². The molecule has 29 heavy (non-hydrogen) atoms. The molecule has 5 nitrogen and oxygen atoms in total. The number of hydrogen-bond donors (Lipinski definition) is 1. The van der Waals surface area contributed by atoms with Crippen LogP contribution in [0.3, 0.4) is 0 Å². The van der Waals surface area contributed by atoms with Crippen molar-refractivity contribution in [2.45, 2.75) is 31.7 Å². The number of nitrogens with one attached hydrogen (secondary N) is 1. The first-order chi connectivity index (χ1) is 14.2. The summed E-state index contributed by atoms with van der Waals surface area (Å²) < 4.78 is 5.29. The van der Waals surface area contributed by atoms with Gasteiger partial charge in [0, 0.05) is 32.5 Å². The number of carbonyl (C=O) groups excluding carboxylic acids is 2. The summed E-state index contributed by atoms with van der Waals surface area (Å²) in [7, 11) is 1.64. The largest absolute Gasteiger partial charge is 0.382 e. The molecule has 154 valence electrons. The van der Waals surface area contributed by atoms with Gasteiger partial charge in [0.05, 0.1) is 12.6 Å². The van der Waals surface area contributed by atoms with E-state index in [1.54, 1.807) is 7.11 Å². The minimum atomic E-state index is -0.153. The van der Waals surface area contributed by atoms with Gasteiger partial charge in [0.15, 0.2) is 0 Å². The van der Waals surface area contributed by atoms with E-state index in [0.29, 0.717) is 39.0 Å². The number of aryl methyl sites for hydroxylation is 1. The Kier molecular flexibility index (Phi) is 7.82. The number of rotatable bonds is 8. The molecular weight excluding hydrogens is 364 g/mol. The highest BCUT2D eigenvalue weighted by Gasteiger charge is 2.28. The fourth-order valence-corrected chi connectivity index (χ4v) is 3.81. The van der Waals surface area contributed by atoms with Crippen LogP contribution >= 0.6 is 0 Å². The predicted octanol–water partition coefficient (Wildman–Crippen LogP) is 3.36. The number of hydrogen-bond acceptors (Lipinski definition) is 3. The second kappa shape index (κ2) is 10.8. The highest BCUT2D eigenvalue weighted by Crippen LogP contribution is 2.21. The molecule has 1 fully saturated rings. The molecule has 0 bridgehead atoms. The smallest absolute Gasteiger partial charge is 0.223 e. The van der Waals surface area contributed by atoms with Gasteiger partial charge in [0.2, 0.25) is 11.8 Å².